The zero-order valence-corrected chi connectivity index (χ0v) is 15.8. The minimum atomic E-state index is -0.915. The summed E-state index contributed by atoms with van der Waals surface area (Å²) in [7, 11) is 1.97. The van der Waals surface area contributed by atoms with Crippen LogP contribution in [-0.4, -0.2) is 45.3 Å². The van der Waals surface area contributed by atoms with E-state index in [9.17, 15) is 14.7 Å². The van der Waals surface area contributed by atoms with E-state index in [1.165, 1.54) is 0 Å². The Kier molecular flexibility index (Phi) is 4.69. The topological polar surface area (TPSA) is 71.8 Å². The SMILES string of the molecule is Cn1cc(C2CCN(C(=O)OC(C)(C)C)CC2)c2cc(C(=O)O)ccc21. The number of rotatable bonds is 2. The van der Waals surface area contributed by atoms with Crippen LogP contribution < -0.4 is 0 Å². The molecular formula is C20H26N2O4. The summed E-state index contributed by atoms with van der Waals surface area (Å²) in [5.74, 6) is -0.608. The minimum absolute atomic E-state index is 0.262. The number of hydrogen-bond acceptors (Lipinski definition) is 3. The van der Waals surface area contributed by atoms with Gasteiger partial charge in [0.1, 0.15) is 5.60 Å². The molecule has 1 N–H and O–H groups in total. The fourth-order valence-electron chi connectivity index (χ4n) is 3.58. The number of hydrogen-bond donors (Lipinski definition) is 1. The molecule has 26 heavy (non-hydrogen) atoms. The highest BCUT2D eigenvalue weighted by molar-refractivity contribution is 5.95. The quantitative estimate of drug-likeness (QED) is 0.881. The van der Waals surface area contributed by atoms with E-state index in [4.69, 9.17) is 4.74 Å². The van der Waals surface area contributed by atoms with Crippen molar-refractivity contribution in [1.29, 1.82) is 0 Å². The van der Waals surface area contributed by atoms with Crippen molar-refractivity contribution in [2.75, 3.05) is 13.1 Å². The highest BCUT2D eigenvalue weighted by Crippen LogP contribution is 2.35. The number of likely N-dealkylation sites (tertiary alicyclic amines) is 1. The first kappa shape index (κ1) is 18.3. The van der Waals surface area contributed by atoms with E-state index in [0.29, 0.717) is 24.6 Å². The van der Waals surface area contributed by atoms with Gasteiger partial charge in [-0.2, -0.15) is 0 Å². The van der Waals surface area contributed by atoms with Gasteiger partial charge in [0.2, 0.25) is 0 Å². The molecule has 0 bridgehead atoms. The first-order valence-electron chi connectivity index (χ1n) is 8.96. The zero-order valence-electron chi connectivity index (χ0n) is 15.8. The number of aromatic carboxylic acids is 1. The molecule has 6 heteroatoms. The molecule has 2 aromatic rings. The molecule has 0 aliphatic carbocycles. The number of nitrogens with zero attached hydrogens (tertiary/aromatic N) is 2. The van der Waals surface area contributed by atoms with Crippen LogP contribution in [0.15, 0.2) is 24.4 Å². The van der Waals surface area contributed by atoms with Crippen molar-refractivity contribution < 1.29 is 19.4 Å². The van der Waals surface area contributed by atoms with Gasteiger partial charge >= 0.3 is 12.1 Å². The Hall–Kier alpha value is -2.50. The molecule has 1 aromatic heterocycles. The molecule has 2 heterocycles. The third-order valence-electron chi connectivity index (χ3n) is 4.85. The fourth-order valence-corrected chi connectivity index (χ4v) is 3.58. The maximum Gasteiger partial charge on any atom is 0.410 e. The van der Waals surface area contributed by atoms with Crippen molar-refractivity contribution in [1.82, 2.24) is 9.47 Å². The molecule has 1 aliphatic heterocycles. The average Bonchev–Trinajstić information content (AvgIpc) is 2.90. The highest BCUT2D eigenvalue weighted by atomic mass is 16.6. The lowest BCUT2D eigenvalue weighted by Crippen LogP contribution is -2.41. The third kappa shape index (κ3) is 3.69. The number of carboxylic acids is 1. The maximum atomic E-state index is 12.2. The van der Waals surface area contributed by atoms with Gasteiger partial charge in [-0.3, -0.25) is 0 Å². The number of benzene rings is 1. The molecule has 1 saturated heterocycles. The van der Waals surface area contributed by atoms with Gasteiger partial charge in [-0.25, -0.2) is 9.59 Å². The van der Waals surface area contributed by atoms with Crippen LogP contribution in [0.25, 0.3) is 10.9 Å². The molecule has 1 amide bonds. The van der Waals surface area contributed by atoms with Gasteiger partial charge in [-0.1, -0.05) is 0 Å². The Bertz CT molecular complexity index is 839. The van der Waals surface area contributed by atoms with Crippen molar-refractivity contribution >= 4 is 23.0 Å². The second kappa shape index (κ2) is 6.67. The van der Waals surface area contributed by atoms with E-state index in [1.54, 1.807) is 17.0 Å². The van der Waals surface area contributed by atoms with Crippen molar-refractivity contribution in [2.45, 2.75) is 45.1 Å². The van der Waals surface area contributed by atoms with Crippen LogP contribution in [0.1, 0.15) is 55.5 Å². The van der Waals surface area contributed by atoms with Gasteiger partial charge in [0, 0.05) is 37.2 Å². The van der Waals surface area contributed by atoms with E-state index in [-0.39, 0.29) is 6.09 Å². The van der Waals surface area contributed by atoms with Crippen LogP contribution in [0.5, 0.6) is 0 Å². The number of piperidine rings is 1. The summed E-state index contributed by atoms with van der Waals surface area (Å²) in [6, 6.07) is 5.25. The largest absolute Gasteiger partial charge is 0.478 e. The summed E-state index contributed by atoms with van der Waals surface area (Å²) in [5, 5.41) is 10.3. The summed E-state index contributed by atoms with van der Waals surface area (Å²) in [5.41, 5.74) is 2.00. The first-order valence-corrected chi connectivity index (χ1v) is 8.96. The molecule has 6 nitrogen and oxygen atoms in total. The normalized spacial score (nSPS) is 16.1. The van der Waals surface area contributed by atoms with Crippen LogP contribution in [0, 0.1) is 0 Å². The summed E-state index contributed by atoms with van der Waals surface area (Å²) in [6.45, 7) is 6.90. The average molecular weight is 358 g/mol. The smallest absolute Gasteiger partial charge is 0.410 e. The van der Waals surface area contributed by atoms with E-state index < -0.39 is 11.6 Å². The van der Waals surface area contributed by atoms with Crippen LogP contribution in [0.4, 0.5) is 4.79 Å². The number of aromatic nitrogens is 1. The number of fused-ring (bicyclic) bond motifs is 1. The molecule has 1 aliphatic rings. The molecular weight excluding hydrogens is 332 g/mol. The third-order valence-corrected chi connectivity index (χ3v) is 4.85. The molecule has 1 fully saturated rings. The van der Waals surface area contributed by atoms with Gasteiger partial charge in [-0.05, 0) is 63.3 Å². The predicted molar refractivity (Wildman–Crippen MR) is 99.7 cm³/mol. The number of carbonyl (C=O) groups excluding carboxylic acids is 1. The second-order valence-corrected chi connectivity index (χ2v) is 7.97. The fraction of sp³-hybridized carbons (Fsp3) is 0.500. The molecule has 0 saturated carbocycles. The molecule has 0 atom stereocenters. The van der Waals surface area contributed by atoms with Crippen molar-refractivity contribution in [2.24, 2.45) is 7.05 Å². The Morgan fingerprint density at radius 1 is 1.19 bits per heavy atom. The Morgan fingerprint density at radius 3 is 2.42 bits per heavy atom. The summed E-state index contributed by atoms with van der Waals surface area (Å²) >= 11 is 0. The first-order chi connectivity index (χ1) is 12.2. The standard InChI is InChI=1S/C20H26N2O4/c1-20(2,3)26-19(25)22-9-7-13(8-10-22)16-12-21(4)17-6-5-14(18(23)24)11-15(16)17/h5-6,11-13H,7-10H2,1-4H3,(H,23,24). The Balaban J connectivity index is 1.78. The maximum absolute atomic E-state index is 12.2. The van der Waals surface area contributed by atoms with Crippen LogP contribution in [0.2, 0.25) is 0 Å². The van der Waals surface area contributed by atoms with E-state index in [2.05, 4.69) is 6.20 Å². The molecule has 3 rings (SSSR count). The van der Waals surface area contributed by atoms with Gasteiger partial charge in [0.15, 0.2) is 0 Å². The molecule has 140 valence electrons. The molecule has 0 radical (unpaired) electrons. The van der Waals surface area contributed by atoms with Crippen molar-refractivity contribution in [3.8, 4) is 0 Å². The predicted octanol–water partition coefficient (Wildman–Crippen LogP) is 3.99. The van der Waals surface area contributed by atoms with Crippen LogP contribution in [0.3, 0.4) is 0 Å². The van der Waals surface area contributed by atoms with Gasteiger partial charge in [-0.15, -0.1) is 0 Å². The van der Waals surface area contributed by atoms with Gasteiger partial charge in [0.25, 0.3) is 0 Å². The number of carbonyl (C=O) groups is 2. The van der Waals surface area contributed by atoms with E-state index >= 15 is 0 Å². The lowest BCUT2D eigenvalue weighted by atomic mass is 9.89. The molecule has 1 aromatic carbocycles. The number of carboxylic acid groups (broad SMARTS) is 1. The summed E-state index contributed by atoms with van der Waals surface area (Å²) in [6.07, 6.45) is 3.51. The van der Waals surface area contributed by atoms with E-state index in [1.807, 2.05) is 38.5 Å². The monoisotopic (exact) mass is 358 g/mol. The van der Waals surface area contributed by atoms with Gasteiger partial charge in [0.05, 0.1) is 5.56 Å². The van der Waals surface area contributed by atoms with Crippen LogP contribution in [-0.2, 0) is 11.8 Å². The van der Waals surface area contributed by atoms with Crippen LogP contribution >= 0.6 is 0 Å². The Labute approximate surface area is 153 Å². The summed E-state index contributed by atoms with van der Waals surface area (Å²) in [4.78, 5) is 25.3. The minimum Gasteiger partial charge on any atom is -0.478 e. The van der Waals surface area contributed by atoms with Gasteiger partial charge < -0.3 is 19.3 Å². The van der Waals surface area contributed by atoms with Crippen molar-refractivity contribution in [3.63, 3.8) is 0 Å². The second-order valence-electron chi connectivity index (χ2n) is 7.97. The lowest BCUT2D eigenvalue weighted by molar-refractivity contribution is 0.0205. The number of aryl methyl sites for hydroxylation is 1. The highest BCUT2D eigenvalue weighted by Gasteiger charge is 2.28. The Morgan fingerprint density at radius 2 is 1.85 bits per heavy atom. The number of ether oxygens (including phenoxy) is 1. The van der Waals surface area contributed by atoms with Crippen molar-refractivity contribution in [3.05, 3.63) is 35.5 Å². The molecule has 0 unspecified atom stereocenters. The summed E-state index contributed by atoms with van der Waals surface area (Å²) < 4.78 is 7.49. The molecule has 0 spiro atoms. The number of amides is 1. The zero-order chi connectivity index (χ0) is 19.1. The lowest BCUT2D eigenvalue weighted by Gasteiger charge is -2.33. The van der Waals surface area contributed by atoms with E-state index in [0.717, 1.165) is 29.3 Å².